The number of carbonyl (C=O) groups is 3. The molecule has 178 valence electrons. The number of hydrogen-bond acceptors (Lipinski definition) is 5. The Kier molecular flexibility index (Phi) is 6.62. The van der Waals surface area contributed by atoms with E-state index in [4.69, 9.17) is 4.74 Å². The number of ether oxygens (including phenoxy) is 1. The van der Waals surface area contributed by atoms with Gasteiger partial charge in [0.15, 0.2) is 0 Å². The zero-order chi connectivity index (χ0) is 24.2. The number of cyclic esters (lactones) is 1. The van der Waals surface area contributed by atoms with Crippen molar-refractivity contribution in [3.8, 4) is 5.69 Å². The molecule has 2 N–H and O–H groups in total. The smallest absolute Gasteiger partial charge is 0.414 e. The molecule has 4 rings (SSSR count). The number of aryl methyl sites for hydroxylation is 1. The summed E-state index contributed by atoms with van der Waals surface area (Å²) in [6, 6.07) is 8.22. The van der Waals surface area contributed by atoms with Crippen LogP contribution in [-0.4, -0.2) is 57.8 Å². The summed E-state index contributed by atoms with van der Waals surface area (Å²) in [4.78, 5) is 41.0. The van der Waals surface area contributed by atoms with Gasteiger partial charge in [0.2, 0.25) is 5.91 Å². The van der Waals surface area contributed by atoms with Crippen LogP contribution in [0.5, 0.6) is 0 Å². The van der Waals surface area contributed by atoms with Gasteiger partial charge in [-0.05, 0) is 30.3 Å². The number of carbonyl (C=O) groups excluding carboxylic acids is 3. The Balaban J connectivity index is 1.38. The van der Waals surface area contributed by atoms with Crippen molar-refractivity contribution in [3.05, 3.63) is 66.3 Å². The number of halogens is 1. The molecule has 0 bridgehead atoms. The minimum absolute atomic E-state index is 0.166. The molecule has 0 saturated carbocycles. The molecule has 10 nitrogen and oxygen atoms in total. The third-order valence-corrected chi connectivity index (χ3v) is 5.51. The Labute approximate surface area is 195 Å². The highest BCUT2D eigenvalue weighted by Gasteiger charge is 2.32. The van der Waals surface area contributed by atoms with Crippen LogP contribution in [0, 0.1) is 5.82 Å². The molecular weight excluding hydrogens is 443 g/mol. The summed E-state index contributed by atoms with van der Waals surface area (Å²) in [7, 11) is 1.94. The van der Waals surface area contributed by atoms with E-state index >= 15 is 0 Å². The van der Waals surface area contributed by atoms with Crippen LogP contribution >= 0.6 is 0 Å². The maximum absolute atomic E-state index is 14.9. The molecule has 1 aliphatic rings. The second-order valence-electron chi connectivity index (χ2n) is 7.97. The lowest BCUT2D eigenvalue weighted by Crippen LogP contribution is -2.33. The van der Waals surface area contributed by atoms with E-state index in [1.165, 1.54) is 41.0 Å². The minimum Gasteiger partial charge on any atom is -0.442 e. The van der Waals surface area contributed by atoms with Crippen LogP contribution < -0.4 is 15.5 Å². The summed E-state index contributed by atoms with van der Waals surface area (Å²) in [6.07, 6.45) is 4.29. The first kappa shape index (κ1) is 23.0. The van der Waals surface area contributed by atoms with Gasteiger partial charge in [-0.1, -0.05) is 0 Å². The van der Waals surface area contributed by atoms with E-state index in [9.17, 15) is 18.8 Å². The van der Waals surface area contributed by atoms with Crippen molar-refractivity contribution >= 4 is 23.6 Å². The van der Waals surface area contributed by atoms with Crippen LogP contribution in [0.15, 0.2) is 49.1 Å². The van der Waals surface area contributed by atoms with Crippen LogP contribution in [0.25, 0.3) is 5.69 Å². The van der Waals surface area contributed by atoms with Crippen LogP contribution in [-0.2, 0) is 23.0 Å². The van der Waals surface area contributed by atoms with Gasteiger partial charge in [0.1, 0.15) is 23.9 Å². The molecule has 0 aliphatic carbocycles. The van der Waals surface area contributed by atoms with Gasteiger partial charge in [0.25, 0.3) is 5.91 Å². The Bertz CT molecular complexity index is 1220. The summed E-state index contributed by atoms with van der Waals surface area (Å²) in [6.45, 7) is 2.19. The lowest BCUT2D eigenvalue weighted by molar-refractivity contribution is -0.119. The van der Waals surface area contributed by atoms with Crippen LogP contribution in [0.2, 0.25) is 0 Å². The van der Waals surface area contributed by atoms with Crippen molar-refractivity contribution in [2.45, 2.75) is 19.4 Å². The molecule has 0 unspecified atom stereocenters. The van der Waals surface area contributed by atoms with Crippen molar-refractivity contribution in [2.75, 3.05) is 24.5 Å². The maximum atomic E-state index is 14.9. The number of amides is 3. The Morgan fingerprint density at radius 3 is 2.79 bits per heavy atom. The highest BCUT2D eigenvalue weighted by molar-refractivity contribution is 5.92. The number of hydrogen-bond donors (Lipinski definition) is 2. The standard InChI is InChI=1S/C23H25FN6O4/c1-15(31)26-11-18-12-30(23(33)34-18)17-5-6-21(19(24)10-17)29-13-20(27-14-29)22(32)25-8-7-16-4-3-9-28(16)2/h3-6,9-10,13-14,18H,7-8,11-12H2,1-2H3,(H,25,32)(H,26,31)/t18-/m0/s1. The number of imidazole rings is 1. The third-order valence-electron chi connectivity index (χ3n) is 5.51. The number of nitrogens with zero attached hydrogens (tertiary/aromatic N) is 4. The van der Waals surface area contributed by atoms with Crippen molar-refractivity contribution in [1.82, 2.24) is 24.8 Å². The number of rotatable bonds is 8. The van der Waals surface area contributed by atoms with Gasteiger partial charge in [-0.15, -0.1) is 0 Å². The second kappa shape index (κ2) is 9.77. The molecule has 34 heavy (non-hydrogen) atoms. The Hall–Kier alpha value is -4.15. The molecule has 2 aromatic heterocycles. The quantitative estimate of drug-likeness (QED) is 0.524. The van der Waals surface area contributed by atoms with Gasteiger partial charge in [-0.2, -0.15) is 0 Å². The Morgan fingerprint density at radius 2 is 2.09 bits per heavy atom. The van der Waals surface area contributed by atoms with Crippen molar-refractivity contribution in [2.24, 2.45) is 7.05 Å². The van der Waals surface area contributed by atoms with Crippen molar-refractivity contribution in [1.29, 1.82) is 0 Å². The summed E-state index contributed by atoms with van der Waals surface area (Å²) < 4.78 is 23.5. The van der Waals surface area contributed by atoms with Gasteiger partial charge in [-0.3, -0.25) is 14.5 Å². The fraction of sp³-hybridized carbons (Fsp3) is 0.304. The number of benzene rings is 1. The first-order chi connectivity index (χ1) is 16.3. The molecule has 11 heteroatoms. The first-order valence-electron chi connectivity index (χ1n) is 10.8. The molecule has 3 amide bonds. The zero-order valence-corrected chi connectivity index (χ0v) is 18.8. The van der Waals surface area contributed by atoms with Gasteiger partial charge in [0.05, 0.1) is 24.5 Å². The highest BCUT2D eigenvalue weighted by Crippen LogP contribution is 2.25. The minimum atomic E-state index is -0.612. The summed E-state index contributed by atoms with van der Waals surface area (Å²) >= 11 is 0. The molecule has 3 aromatic rings. The van der Waals surface area contributed by atoms with Crippen LogP contribution in [0.1, 0.15) is 23.1 Å². The van der Waals surface area contributed by atoms with E-state index in [1.807, 2.05) is 29.9 Å². The average molecular weight is 468 g/mol. The monoisotopic (exact) mass is 468 g/mol. The summed E-state index contributed by atoms with van der Waals surface area (Å²) in [5.74, 6) is -1.17. The maximum Gasteiger partial charge on any atom is 0.414 e. The van der Waals surface area contributed by atoms with Crippen molar-refractivity contribution < 1.29 is 23.5 Å². The van der Waals surface area contributed by atoms with Gasteiger partial charge >= 0.3 is 6.09 Å². The molecule has 1 aromatic carbocycles. The number of nitrogens with one attached hydrogen (secondary N) is 2. The molecule has 0 radical (unpaired) electrons. The first-order valence-corrected chi connectivity index (χ1v) is 10.8. The molecule has 0 spiro atoms. The number of aromatic nitrogens is 3. The average Bonchev–Trinajstić information content (AvgIpc) is 3.53. The molecular formula is C23H25FN6O4. The van der Waals surface area contributed by atoms with Gasteiger partial charge in [0, 0.05) is 45.0 Å². The topological polar surface area (TPSA) is 110 Å². The van der Waals surface area contributed by atoms with E-state index in [2.05, 4.69) is 15.6 Å². The second-order valence-corrected chi connectivity index (χ2v) is 7.97. The third kappa shape index (κ3) is 5.08. The lowest BCUT2D eigenvalue weighted by atomic mass is 10.2. The molecule has 1 saturated heterocycles. The van der Waals surface area contributed by atoms with Crippen LogP contribution in [0.4, 0.5) is 14.9 Å². The SMILES string of the molecule is CC(=O)NC[C@H]1CN(c2ccc(-n3cnc(C(=O)NCCc4cccn4C)c3)c(F)c2)C(=O)O1. The molecule has 3 heterocycles. The predicted molar refractivity (Wildman–Crippen MR) is 121 cm³/mol. The molecule has 1 aliphatic heterocycles. The fourth-order valence-electron chi connectivity index (χ4n) is 3.69. The van der Waals surface area contributed by atoms with E-state index < -0.39 is 18.0 Å². The number of anilines is 1. The van der Waals surface area contributed by atoms with Gasteiger partial charge in [-0.25, -0.2) is 14.2 Å². The summed E-state index contributed by atoms with van der Waals surface area (Å²) in [5, 5.41) is 5.40. The largest absolute Gasteiger partial charge is 0.442 e. The van der Waals surface area contributed by atoms with E-state index in [1.54, 1.807) is 6.07 Å². The summed E-state index contributed by atoms with van der Waals surface area (Å²) in [5.41, 5.74) is 1.77. The highest BCUT2D eigenvalue weighted by atomic mass is 19.1. The Morgan fingerprint density at radius 1 is 1.26 bits per heavy atom. The van der Waals surface area contributed by atoms with Gasteiger partial charge < -0.3 is 24.5 Å². The molecule has 1 fully saturated rings. The van der Waals surface area contributed by atoms with E-state index in [0.29, 0.717) is 18.7 Å². The van der Waals surface area contributed by atoms with E-state index in [-0.39, 0.29) is 36.3 Å². The van der Waals surface area contributed by atoms with Crippen LogP contribution in [0.3, 0.4) is 0 Å². The normalized spacial score (nSPS) is 15.3. The fourth-order valence-corrected chi connectivity index (χ4v) is 3.69. The zero-order valence-electron chi connectivity index (χ0n) is 18.8. The van der Waals surface area contributed by atoms with E-state index in [0.717, 1.165) is 5.69 Å². The van der Waals surface area contributed by atoms with Crippen molar-refractivity contribution in [3.63, 3.8) is 0 Å². The molecule has 1 atom stereocenters. The predicted octanol–water partition coefficient (Wildman–Crippen LogP) is 1.78. The lowest BCUT2D eigenvalue weighted by Gasteiger charge is -2.14.